The van der Waals surface area contributed by atoms with Crippen molar-refractivity contribution in [1.29, 1.82) is 0 Å². The van der Waals surface area contributed by atoms with Crippen LogP contribution in [0.3, 0.4) is 0 Å². The fourth-order valence-corrected chi connectivity index (χ4v) is 3.94. The summed E-state index contributed by atoms with van der Waals surface area (Å²) in [6.45, 7) is 11.2. The van der Waals surface area contributed by atoms with Crippen LogP contribution in [0.25, 0.3) is 21.7 Å². The molecular weight excluding hydrogens is 425 g/mol. The van der Waals surface area contributed by atoms with Crippen LogP contribution in [-0.2, 0) is 11.8 Å². The Labute approximate surface area is 192 Å². The maximum absolute atomic E-state index is 15.5. The maximum atomic E-state index is 15.5. The van der Waals surface area contributed by atoms with Gasteiger partial charge in [0.25, 0.3) is 5.56 Å². The first-order chi connectivity index (χ1) is 15.4. The maximum Gasteiger partial charge on any atom is 0.407 e. The van der Waals surface area contributed by atoms with Gasteiger partial charge in [-0.05, 0) is 63.6 Å². The van der Waals surface area contributed by atoms with Gasteiger partial charge in [0.15, 0.2) is 11.6 Å². The van der Waals surface area contributed by atoms with E-state index in [0.717, 1.165) is 0 Å². The number of aryl methyl sites for hydroxylation is 2. The SMILES string of the molecule is Cc1nccc2c1c(=O)n(C)c1c(F)c(OC[C@H](CC(C)C)NC(=O)OC(C)(C)C)ccc21. The lowest BCUT2D eigenvalue weighted by Gasteiger charge is -2.25. The zero-order valence-corrected chi connectivity index (χ0v) is 20.3. The first kappa shape index (κ1) is 24.5. The molecule has 0 unspecified atom stereocenters. The van der Waals surface area contributed by atoms with Gasteiger partial charge in [0.05, 0.1) is 22.6 Å². The van der Waals surface area contributed by atoms with Crippen LogP contribution in [0, 0.1) is 18.7 Å². The van der Waals surface area contributed by atoms with Gasteiger partial charge < -0.3 is 19.4 Å². The zero-order valence-electron chi connectivity index (χ0n) is 20.3. The highest BCUT2D eigenvalue weighted by Crippen LogP contribution is 2.30. The molecule has 0 bridgehead atoms. The summed E-state index contributed by atoms with van der Waals surface area (Å²) in [4.78, 5) is 29.3. The molecule has 2 aromatic heterocycles. The predicted molar refractivity (Wildman–Crippen MR) is 127 cm³/mol. The lowest BCUT2D eigenvalue weighted by Crippen LogP contribution is -2.42. The molecule has 0 aliphatic carbocycles. The van der Waals surface area contributed by atoms with Gasteiger partial charge in [-0.3, -0.25) is 9.78 Å². The van der Waals surface area contributed by atoms with Gasteiger partial charge in [0, 0.05) is 18.6 Å². The molecule has 0 aliphatic heterocycles. The molecule has 0 spiro atoms. The highest BCUT2D eigenvalue weighted by molar-refractivity contribution is 6.06. The van der Waals surface area contributed by atoms with Crippen molar-refractivity contribution >= 4 is 27.8 Å². The molecule has 0 saturated carbocycles. The van der Waals surface area contributed by atoms with Gasteiger partial charge in [0.2, 0.25) is 0 Å². The van der Waals surface area contributed by atoms with Gasteiger partial charge >= 0.3 is 6.09 Å². The van der Waals surface area contributed by atoms with E-state index < -0.39 is 17.5 Å². The number of fused-ring (bicyclic) bond motifs is 3. The fourth-order valence-electron chi connectivity index (χ4n) is 3.94. The first-order valence-corrected chi connectivity index (χ1v) is 11.1. The summed E-state index contributed by atoms with van der Waals surface area (Å²) < 4.78 is 28.0. The number of hydrogen-bond donors (Lipinski definition) is 1. The van der Waals surface area contributed by atoms with Crippen LogP contribution in [-0.4, -0.2) is 33.9 Å². The van der Waals surface area contributed by atoms with Crippen LogP contribution in [0.2, 0.25) is 0 Å². The van der Waals surface area contributed by atoms with Gasteiger partial charge in [-0.25, -0.2) is 9.18 Å². The quantitative estimate of drug-likeness (QED) is 0.535. The second-order valence-corrected chi connectivity index (χ2v) is 9.74. The van der Waals surface area contributed by atoms with E-state index in [9.17, 15) is 9.59 Å². The van der Waals surface area contributed by atoms with E-state index in [4.69, 9.17) is 9.47 Å². The number of halogens is 1. The second kappa shape index (κ2) is 9.37. The zero-order chi connectivity index (χ0) is 24.5. The molecule has 3 aromatic rings. The second-order valence-electron chi connectivity index (χ2n) is 9.74. The normalized spacial score (nSPS) is 12.9. The van der Waals surface area contributed by atoms with Crippen LogP contribution in [0.4, 0.5) is 9.18 Å². The molecule has 0 aliphatic rings. The van der Waals surface area contributed by atoms with E-state index >= 15 is 4.39 Å². The van der Waals surface area contributed by atoms with E-state index in [1.807, 2.05) is 13.8 Å². The van der Waals surface area contributed by atoms with Crippen LogP contribution in [0.1, 0.15) is 46.7 Å². The summed E-state index contributed by atoms with van der Waals surface area (Å²) in [6, 6.07) is 4.64. The van der Waals surface area contributed by atoms with Crippen molar-refractivity contribution in [1.82, 2.24) is 14.9 Å². The number of rotatable bonds is 6. The van der Waals surface area contributed by atoms with Crippen LogP contribution < -0.4 is 15.6 Å². The minimum absolute atomic E-state index is 0.0161. The van der Waals surface area contributed by atoms with Gasteiger partial charge in [-0.1, -0.05) is 13.8 Å². The Morgan fingerprint density at radius 2 is 1.91 bits per heavy atom. The Morgan fingerprint density at radius 3 is 2.55 bits per heavy atom. The molecule has 8 heteroatoms. The third kappa shape index (κ3) is 5.43. The summed E-state index contributed by atoms with van der Waals surface area (Å²) in [6.07, 6.45) is 1.69. The molecule has 3 rings (SSSR count). The minimum atomic E-state index is -0.626. The summed E-state index contributed by atoms with van der Waals surface area (Å²) in [5.74, 6) is -0.328. The number of nitrogens with one attached hydrogen (secondary N) is 1. The lowest BCUT2D eigenvalue weighted by molar-refractivity contribution is 0.0479. The molecule has 1 atom stereocenters. The molecule has 33 heavy (non-hydrogen) atoms. The number of hydrogen-bond acceptors (Lipinski definition) is 5. The van der Waals surface area contributed by atoms with Crippen LogP contribution in [0.5, 0.6) is 5.75 Å². The number of pyridine rings is 2. The van der Waals surface area contributed by atoms with E-state index in [-0.39, 0.29) is 35.4 Å². The Hall–Kier alpha value is -3.16. The number of alkyl carbamates (subject to hydrolysis) is 1. The Bertz CT molecular complexity index is 1240. The molecule has 0 radical (unpaired) electrons. The number of nitrogens with zero attached hydrogens (tertiary/aromatic N) is 2. The highest BCUT2D eigenvalue weighted by atomic mass is 19.1. The average Bonchev–Trinajstić information content (AvgIpc) is 2.68. The third-order valence-corrected chi connectivity index (χ3v) is 5.28. The van der Waals surface area contributed by atoms with E-state index in [0.29, 0.717) is 28.3 Å². The van der Waals surface area contributed by atoms with Crippen LogP contribution >= 0.6 is 0 Å². The lowest BCUT2D eigenvalue weighted by atomic mass is 10.0. The van der Waals surface area contributed by atoms with Crippen molar-refractivity contribution in [2.24, 2.45) is 13.0 Å². The van der Waals surface area contributed by atoms with Crippen molar-refractivity contribution in [3.8, 4) is 5.75 Å². The summed E-state index contributed by atoms with van der Waals surface area (Å²) in [7, 11) is 1.54. The topological polar surface area (TPSA) is 82.5 Å². The number of benzene rings is 1. The van der Waals surface area contributed by atoms with Gasteiger partial charge in [0.1, 0.15) is 12.2 Å². The third-order valence-electron chi connectivity index (χ3n) is 5.28. The predicted octanol–water partition coefficient (Wildman–Crippen LogP) is 4.85. The molecule has 0 fully saturated rings. The van der Waals surface area contributed by atoms with E-state index in [1.165, 1.54) is 11.6 Å². The fraction of sp³-hybridized carbons (Fsp3) is 0.480. The van der Waals surface area contributed by atoms with Crippen molar-refractivity contribution in [3.63, 3.8) is 0 Å². The molecule has 1 amide bonds. The van der Waals surface area contributed by atoms with Crippen molar-refractivity contribution in [2.75, 3.05) is 6.61 Å². The van der Waals surface area contributed by atoms with Crippen molar-refractivity contribution in [3.05, 3.63) is 46.3 Å². The van der Waals surface area contributed by atoms with Crippen molar-refractivity contribution in [2.45, 2.75) is 59.6 Å². The highest BCUT2D eigenvalue weighted by Gasteiger charge is 2.22. The van der Waals surface area contributed by atoms with Gasteiger partial charge in [-0.2, -0.15) is 0 Å². The number of carbonyl (C=O) groups excluding carboxylic acids is 1. The number of amides is 1. The number of ether oxygens (including phenoxy) is 2. The smallest absolute Gasteiger partial charge is 0.407 e. The van der Waals surface area contributed by atoms with Crippen molar-refractivity contribution < 1.29 is 18.7 Å². The molecular formula is C25H32FN3O4. The first-order valence-electron chi connectivity index (χ1n) is 11.1. The minimum Gasteiger partial charge on any atom is -0.488 e. The Kier molecular flexibility index (Phi) is 6.95. The molecule has 1 N–H and O–H groups in total. The van der Waals surface area contributed by atoms with E-state index in [1.54, 1.807) is 52.1 Å². The molecule has 1 aromatic carbocycles. The number of carbonyl (C=O) groups is 1. The molecule has 178 valence electrons. The monoisotopic (exact) mass is 457 g/mol. The molecule has 7 nitrogen and oxygen atoms in total. The Morgan fingerprint density at radius 1 is 1.21 bits per heavy atom. The average molecular weight is 458 g/mol. The van der Waals surface area contributed by atoms with Crippen LogP contribution in [0.15, 0.2) is 29.2 Å². The largest absolute Gasteiger partial charge is 0.488 e. The summed E-state index contributed by atoms with van der Waals surface area (Å²) in [5, 5.41) is 4.54. The number of aromatic nitrogens is 2. The van der Waals surface area contributed by atoms with E-state index in [2.05, 4.69) is 10.3 Å². The molecule has 2 heterocycles. The standard InChI is InChI=1S/C25H32FN3O4/c1-14(2)12-16(28-24(31)33-25(4,5)6)13-32-19-9-8-18-17-10-11-27-15(3)20(17)23(30)29(7)22(18)21(19)26/h8-11,14,16H,12-13H2,1-7H3,(H,28,31)/t16-/m0/s1. The Balaban J connectivity index is 1.93. The summed E-state index contributed by atoms with van der Waals surface area (Å²) >= 11 is 0. The van der Waals surface area contributed by atoms with Gasteiger partial charge in [-0.15, -0.1) is 0 Å². The summed E-state index contributed by atoms with van der Waals surface area (Å²) in [5.41, 5.74) is -0.181. The molecule has 0 saturated heterocycles.